The topological polar surface area (TPSA) is 45.2 Å². The minimum atomic E-state index is 0.277. The molecule has 4 heteroatoms. The van der Waals surface area contributed by atoms with Crippen molar-refractivity contribution < 1.29 is 4.79 Å². The van der Waals surface area contributed by atoms with E-state index in [0.29, 0.717) is 11.9 Å². The van der Waals surface area contributed by atoms with Crippen molar-refractivity contribution in [3.8, 4) is 0 Å². The first-order valence-electron chi connectivity index (χ1n) is 8.23. The van der Waals surface area contributed by atoms with Crippen molar-refractivity contribution >= 4 is 5.91 Å². The van der Waals surface area contributed by atoms with Gasteiger partial charge < -0.3 is 5.32 Å². The molecule has 1 aromatic rings. The van der Waals surface area contributed by atoms with Crippen LogP contribution in [0.15, 0.2) is 24.5 Å². The van der Waals surface area contributed by atoms with E-state index in [-0.39, 0.29) is 5.92 Å². The number of nitrogens with one attached hydrogen (secondary N) is 1. The summed E-state index contributed by atoms with van der Waals surface area (Å²) in [5, 5.41) is 3.28. The summed E-state index contributed by atoms with van der Waals surface area (Å²) < 4.78 is 0. The Morgan fingerprint density at radius 2 is 2.14 bits per heavy atom. The van der Waals surface area contributed by atoms with Gasteiger partial charge >= 0.3 is 0 Å². The zero-order valence-corrected chi connectivity index (χ0v) is 12.6. The molecule has 1 amide bonds. The molecule has 1 aromatic heterocycles. The van der Waals surface area contributed by atoms with E-state index < -0.39 is 0 Å². The summed E-state index contributed by atoms with van der Waals surface area (Å²) in [4.78, 5) is 18.8. The van der Waals surface area contributed by atoms with Crippen LogP contribution in [-0.2, 0) is 11.3 Å². The molecule has 2 fully saturated rings. The lowest BCUT2D eigenvalue weighted by atomic mass is 10.0. The van der Waals surface area contributed by atoms with Crippen LogP contribution in [0.5, 0.6) is 0 Å². The van der Waals surface area contributed by atoms with E-state index in [9.17, 15) is 4.79 Å². The fourth-order valence-electron chi connectivity index (χ4n) is 3.57. The molecule has 1 N–H and O–H groups in total. The van der Waals surface area contributed by atoms with Crippen LogP contribution in [0.2, 0.25) is 0 Å². The molecule has 21 heavy (non-hydrogen) atoms. The Labute approximate surface area is 126 Å². The molecule has 0 aromatic carbocycles. The van der Waals surface area contributed by atoms with Gasteiger partial charge in [-0.25, -0.2) is 0 Å². The van der Waals surface area contributed by atoms with Gasteiger partial charge in [0.05, 0.1) is 0 Å². The lowest BCUT2D eigenvalue weighted by Gasteiger charge is -2.33. The first-order chi connectivity index (χ1) is 10.3. The highest BCUT2D eigenvalue weighted by Gasteiger charge is 2.27. The van der Waals surface area contributed by atoms with Crippen molar-refractivity contribution in [1.29, 1.82) is 0 Å². The molecular formula is C17H25N3O. The Kier molecular flexibility index (Phi) is 4.86. The van der Waals surface area contributed by atoms with Crippen molar-refractivity contribution in [1.82, 2.24) is 15.2 Å². The molecule has 1 saturated carbocycles. The zero-order chi connectivity index (χ0) is 14.5. The number of pyridine rings is 1. The fraction of sp³-hybridized carbons (Fsp3) is 0.647. The van der Waals surface area contributed by atoms with Crippen molar-refractivity contribution in [2.45, 2.75) is 51.1 Å². The largest absolute Gasteiger partial charge is 0.352 e. The standard InChI is InChI=1S/C17H25N3O/c21-17(15-6-1-2-7-15)19-16-8-4-10-20(13-16)12-14-5-3-9-18-11-14/h3,5,9,11,15-16H,1-2,4,6-8,10,12-13H2,(H,19,21). The van der Waals surface area contributed by atoms with Gasteiger partial charge in [-0.3, -0.25) is 14.7 Å². The van der Waals surface area contributed by atoms with Crippen LogP contribution < -0.4 is 5.32 Å². The third-order valence-corrected chi connectivity index (χ3v) is 4.71. The first kappa shape index (κ1) is 14.5. The highest BCUT2D eigenvalue weighted by Crippen LogP contribution is 2.25. The van der Waals surface area contributed by atoms with E-state index in [1.165, 1.54) is 18.4 Å². The van der Waals surface area contributed by atoms with E-state index in [2.05, 4.69) is 21.3 Å². The average Bonchev–Trinajstić information content (AvgIpc) is 3.03. The molecule has 1 aliphatic carbocycles. The summed E-state index contributed by atoms with van der Waals surface area (Å²) in [5.74, 6) is 0.569. The molecule has 0 spiro atoms. The number of amides is 1. The van der Waals surface area contributed by atoms with E-state index in [1.54, 1.807) is 0 Å². The average molecular weight is 287 g/mol. The predicted octanol–water partition coefficient (Wildman–Crippen LogP) is 2.35. The second kappa shape index (κ2) is 7.03. The molecule has 1 saturated heterocycles. The highest BCUT2D eigenvalue weighted by molar-refractivity contribution is 5.79. The summed E-state index contributed by atoms with van der Waals surface area (Å²) >= 11 is 0. The maximum atomic E-state index is 12.2. The number of aromatic nitrogens is 1. The van der Waals surface area contributed by atoms with Gasteiger partial charge in [0.25, 0.3) is 0 Å². The van der Waals surface area contributed by atoms with Crippen molar-refractivity contribution in [2.75, 3.05) is 13.1 Å². The first-order valence-corrected chi connectivity index (χ1v) is 8.23. The maximum absolute atomic E-state index is 12.2. The second-order valence-corrected chi connectivity index (χ2v) is 6.43. The zero-order valence-electron chi connectivity index (χ0n) is 12.6. The molecule has 1 unspecified atom stereocenters. The number of carbonyl (C=O) groups is 1. The summed E-state index contributed by atoms with van der Waals surface area (Å²) in [5.41, 5.74) is 1.25. The number of nitrogens with zero attached hydrogens (tertiary/aromatic N) is 2. The van der Waals surface area contributed by atoms with Crippen LogP contribution in [0.4, 0.5) is 0 Å². The predicted molar refractivity (Wildman–Crippen MR) is 82.6 cm³/mol. The minimum absolute atomic E-state index is 0.277. The van der Waals surface area contributed by atoms with E-state index >= 15 is 0 Å². The van der Waals surface area contributed by atoms with Crippen LogP contribution in [-0.4, -0.2) is 34.9 Å². The molecule has 2 heterocycles. The molecule has 4 nitrogen and oxygen atoms in total. The number of carbonyl (C=O) groups excluding carboxylic acids is 1. The van der Waals surface area contributed by atoms with Gasteiger partial charge in [0, 0.05) is 37.4 Å². The third kappa shape index (κ3) is 4.03. The van der Waals surface area contributed by atoms with Crippen molar-refractivity contribution in [2.24, 2.45) is 5.92 Å². The van der Waals surface area contributed by atoms with Gasteiger partial charge in [-0.05, 0) is 43.9 Å². The fourth-order valence-corrected chi connectivity index (χ4v) is 3.57. The highest BCUT2D eigenvalue weighted by atomic mass is 16.1. The molecule has 0 radical (unpaired) electrons. The number of piperidine rings is 1. The van der Waals surface area contributed by atoms with Gasteiger partial charge in [0.15, 0.2) is 0 Å². The van der Waals surface area contributed by atoms with E-state index in [4.69, 9.17) is 0 Å². The van der Waals surface area contributed by atoms with Crippen molar-refractivity contribution in [3.05, 3.63) is 30.1 Å². The Morgan fingerprint density at radius 3 is 2.90 bits per heavy atom. The normalized spacial score (nSPS) is 24.1. The maximum Gasteiger partial charge on any atom is 0.223 e. The molecule has 1 aliphatic heterocycles. The minimum Gasteiger partial charge on any atom is -0.352 e. The molecule has 1 atom stereocenters. The summed E-state index contributed by atoms with van der Waals surface area (Å²) in [6.07, 6.45) is 10.6. The number of rotatable bonds is 4. The monoisotopic (exact) mass is 287 g/mol. The Bertz CT molecular complexity index is 456. The van der Waals surface area contributed by atoms with E-state index in [0.717, 1.165) is 45.3 Å². The number of hydrogen-bond donors (Lipinski definition) is 1. The quantitative estimate of drug-likeness (QED) is 0.924. The summed E-state index contributed by atoms with van der Waals surface area (Å²) in [7, 11) is 0. The van der Waals surface area contributed by atoms with Gasteiger partial charge in [-0.2, -0.15) is 0 Å². The van der Waals surface area contributed by atoms with Crippen LogP contribution in [0.1, 0.15) is 44.1 Å². The SMILES string of the molecule is O=C(NC1CCCN(Cc2cccnc2)C1)C1CCCC1. The van der Waals surface area contributed by atoms with Gasteiger partial charge in [-0.1, -0.05) is 18.9 Å². The molecule has 0 bridgehead atoms. The Hall–Kier alpha value is -1.42. The third-order valence-electron chi connectivity index (χ3n) is 4.71. The van der Waals surface area contributed by atoms with Crippen LogP contribution in [0.3, 0.4) is 0 Å². The summed E-state index contributed by atoms with van der Waals surface area (Å²) in [6.45, 7) is 3.02. The molecule has 114 valence electrons. The van der Waals surface area contributed by atoms with Gasteiger partial charge in [0.1, 0.15) is 0 Å². The van der Waals surface area contributed by atoms with Crippen LogP contribution in [0, 0.1) is 5.92 Å². The van der Waals surface area contributed by atoms with Crippen LogP contribution >= 0.6 is 0 Å². The summed E-state index contributed by atoms with van der Waals surface area (Å²) in [6, 6.07) is 4.43. The number of likely N-dealkylation sites (tertiary alicyclic amines) is 1. The van der Waals surface area contributed by atoms with Crippen molar-refractivity contribution in [3.63, 3.8) is 0 Å². The Balaban J connectivity index is 1.49. The Morgan fingerprint density at radius 1 is 1.29 bits per heavy atom. The van der Waals surface area contributed by atoms with Gasteiger partial charge in [0.2, 0.25) is 5.91 Å². The van der Waals surface area contributed by atoms with Crippen LogP contribution in [0.25, 0.3) is 0 Å². The molecule has 3 rings (SSSR count). The van der Waals surface area contributed by atoms with Gasteiger partial charge in [-0.15, -0.1) is 0 Å². The van der Waals surface area contributed by atoms with E-state index in [1.807, 2.05) is 18.5 Å². The smallest absolute Gasteiger partial charge is 0.223 e. The number of hydrogen-bond acceptors (Lipinski definition) is 3. The molecular weight excluding hydrogens is 262 g/mol. The molecule has 2 aliphatic rings. The second-order valence-electron chi connectivity index (χ2n) is 6.43. The lowest BCUT2D eigenvalue weighted by molar-refractivity contribution is -0.125. The lowest BCUT2D eigenvalue weighted by Crippen LogP contribution is -2.48.